The molecule has 0 atom stereocenters. The number of methoxy groups -OCH3 is 1. The Balaban J connectivity index is 1.44. The van der Waals surface area contributed by atoms with Gasteiger partial charge in [0, 0.05) is 30.1 Å². The average Bonchev–Trinajstić information content (AvgIpc) is 3.38. The van der Waals surface area contributed by atoms with E-state index in [9.17, 15) is 4.79 Å². The molecule has 0 spiro atoms. The summed E-state index contributed by atoms with van der Waals surface area (Å²) in [6.45, 7) is 1.68. The molecule has 8 heteroatoms. The van der Waals surface area contributed by atoms with E-state index in [2.05, 4.69) is 31.4 Å². The number of piperidine rings is 1. The van der Waals surface area contributed by atoms with Gasteiger partial charge in [-0.15, -0.1) is 0 Å². The first-order valence-corrected chi connectivity index (χ1v) is 10.5. The minimum absolute atomic E-state index is 0.0693. The highest BCUT2D eigenvalue weighted by Gasteiger charge is 2.44. The van der Waals surface area contributed by atoms with Gasteiger partial charge in [0.2, 0.25) is 0 Å². The van der Waals surface area contributed by atoms with E-state index in [0.29, 0.717) is 25.6 Å². The molecule has 1 saturated carbocycles. The number of hydrogen-bond acceptors (Lipinski definition) is 5. The van der Waals surface area contributed by atoms with E-state index in [1.807, 2.05) is 29.2 Å². The Kier molecular flexibility index (Phi) is 5.68. The van der Waals surface area contributed by atoms with Gasteiger partial charge in [-0.05, 0) is 53.2 Å². The first-order chi connectivity index (χ1) is 13.6. The molecular weight excluding hydrogens is 424 g/mol. The van der Waals surface area contributed by atoms with Gasteiger partial charge >= 0.3 is 6.03 Å². The van der Waals surface area contributed by atoms with Gasteiger partial charge in [0.1, 0.15) is 6.61 Å². The number of ether oxygens (including phenoxy) is 1. The third-order valence-corrected chi connectivity index (χ3v) is 6.40. The smallest absolute Gasteiger partial charge is 0.321 e. The highest BCUT2D eigenvalue weighted by molar-refractivity contribution is 9.10. The molecule has 1 aromatic heterocycles. The van der Waals surface area contributed by atoms with Crippen molar-refractivity contribution >= 4 is 27.6 Å². The second kappa shape index (κ2) is 8.21. The minimum Gasteiger partial charge on any atom is -0.375 e. The summed E-state index contributed by atoms with van der Waals surface area (Å²) >= 11 is 3.48. The van der Waals surface area contributed by atoms with E-state index < -0.39 is 0 Å². The monoisotopic (exact) mass is 448 g/mol. The van der Waals surface area contributed by atoms with E-state index in [4.69, 9.17) is 9.26 Å². The zero-order valence-electron chi connectivity index (χ0n) is 16.0. The molecule has 1 aliphatic heterocycles. The van der Waals surface area contributed by atoms with E-state index in [-0.39, 0.29) is 11.4 Å². The van der Waals surface area contributed by atoms with Crippen LogP contribution >= 0.6 is 15.9 Å². The molecule has 0 unspecified atom stereocenters. The van der Waals surface area contributed by atoms with Gasteiger partial charge in [-0.2, -0.15) is 4.98 Å². The normalized spacial score (nSPS) is 18.9. The predicted molar refractivity (Wildman–Crippen MR) is 108 cm³/mol. The summed E-state index contributed by atoms with van der Waals surface area (Å²) in [4.78, 5) is 19.2. The number of nitrogens with zero attached hydrogens (tertiary/aromatic N) is 3. The molecule has 4 rings (SSSR count). The quantitative estimate of drug-likeness (QED) is 0.710. The molecule has 150 valence electrons. The van der Waals surface area contributed by atoms with Crippen LogP contribution in [-0.2, 0) is 16.8 Å². The second-order valence-corrected chi connectivity index (χ2v) is 8.62. The van der Waals surface area contributed by atoms with Gasteiger partial charge < -0.3 is 19.5 Å². The summed E-state index contributed by atoms with van der Waals surface area (Å²) in [6, 6.07) is 7.57. The Bertz CT molecular complexity index is 828. The van der Waals surface area contributed by atoms with Crippen LogP contribution in [0.1, 0.15) is 43.8 Å². The lowest BCUT2D eigenvalue weighted by atomic mass is 9.73. The fourth-order valence-corrected chi connectivity index (χ4v) is 4.32. The molecule has 1 saturated heterocycles. The van der Waals surface area contributed by atoms with Crippen molar-refractivity contribution in [3.05, 3.63) is 40.5 Å². The van der Waals surface area contributed by atoms with Crippen molar-refractivity contribution in [3.8, 4) is 0 Å². The first-order valence-electron chi connectivity index (χ1n) is 9.72. The largest absolute Gasteiger partial charge is 0.375 e. The van der Waals surface area contributed by atoms with Crippen LogP contribution in [0, 0.1) is 5.92 Å². The number of nitrogens with one attached hydrogen (secondary N) is 1. The van der Waals surface area contributed by atoms with Gasteiger partial charge in [0.25, 0.3) is 5.89 Å². The zero-order chi connectivity index (χ0) is 19.6. The highest BCUT2D eigenvalue weighted by Crippen LogP contribution is 2.46. The lowest BCUT2D eigenvalue weighted by Gasteiger charge is -2.40. The Morgan fingerprint density at radius 3 is 2.79 bits per heavy atom. The van der Waals surface area contributed by atoms with Gasteiger partial charge in [-0.25, -0.2) is 4.79 Å². The summed E-state index contributed by atoms with van der Waals surface area (Å²) in [7, 11) is 1.62. The zero-order valence-corrected chi connectivity index (χ0v) is 17.6. The molecule has 1 aliphatic carbocycles. The molecule has 0 bridgehead atoms. The standard InChI is InChI=1S/C20H25BrN4O3/c1-27-13-17-23-18(24-28-17)20(12-14-6-7-14)8-10-25(11-9-20)19(26)22-16-5-3-2-4-15(16)21/h2-5,14H,6-13H2,1H3,(H,22,26). The SMILES string of the molecule is COCc1nc(C2(CC3CC3)CCN(C(=O)Nc3ccccc3Br)CC2)no1. The number of benzene rings is 1. The molecule has 2 aliphatic rings. The lowest BCUT2D eigenvalue weighted by molar-refractivity contribution is 0.148. The van der Waals surface area contributed by atoms with Gasteiger partial charge in [-0.3, -0.25) is 0 Å². The second-order valence-electron chi connectivity index (χ2n) is 7.77. The Labute approximate surface area is 172 Å². The third-order valence-electron chi connectivity index (χ3n) is 5.71. The van der Waals surface area contributed by atoms with Gasteiger partial charge in [-0.1, -0.05) is 30.1 Å². The van der Waals surface area contributed by atoms with Crippen LogP contribution in [0.5, 0.6) is 0 Å². The number of halogens is 1. The maximum absolute atomic E-state index is 12.7. The molecule has 2 heterocycles. The maximum atomic E-state index is 12.7. The van der Waals surface area contributed by atoms with Crippen LogP contribution in [0.15, 0.2) is 33.3 Å². The summed E-state index contributed by atoms with van der Waals surface area (Å²) in [5.74, 6) is 2.03. The maximum Gasteiger partial charge on any atom is 0.321 e. The number of amides is 2. The van der Waals surface area contributed by atoms with Crippen molar-refractivity contribution in [3.63, 3.8) is 0 Å². The number of aromatic nitrogens is 2. The molecule has 1 N–H and O–H groups in total. The van der Waals surface area contributed by atoms with Crippen molar-refractivity contribution in [1.29, 1.82) is 0 Å². The van der Waals surface area contributed by atoms with Gasteiger partial charge in [0.05, 0.1) is 5.69 Å². The summed E-state index contributed by atoms with van der Waals surface area (Å²) in [5, 5.41) is 7.26. The number of carbonyl (C=O) groups excluding carboxylic acids is 1. The fourth-order valence-electron chi connectivity index (χ4n) is 3.94. The van der Waals surface area contributed by atoms with Crippen LogP contribution in [0.25, 0.3) is 0 Å². The molecule has 7 nitrogen and oxygen atoms in total. The van der Waals surface area contributed by atoms with E-state index in [1.165, 1.54) is 12.8 Å². The van der Waals surface area contributed by atoms with Crippen LogP contribution < -0.4 is 5.32 Å². The molecular formula is C20H25BrN4O3. The predicted octanol–water partition coefficient (Wildman–Crippen LogP) is 4.34. The van der Waals surface area contributed by atoms with Crippen molar-refractivity contribution in [2.75, 3.05) is 25.5 Å². The minimum atomic E-state index is -0.110. The molecule has 0 radical (unpaired) electrons. The number of anilines is 1. The summed E-state index contributed by atoms with van der Waals surface area (Å²) < 4.78 is 11.4. The Morgan fingerprint density at radius 2 is 2.11 bits per heavy atom. The van der Waals surface area contributed by atoms with E-state index in [1.54, 1.807) is 7.11 Å². The van der Waals surface area contributed by atoms with Crippen molar-refractivity contribution in [2.24, 2.45) is 5.92 Å². The topological polar surface area (TPSA) is 80.5 Å². The molecule has 2 aromatic rings. The lowest BCUT2D eigenvalue weighted by Crippen LogP contribution is -2.47. The number of urea groups is 1. The van der Waals surface area contributed by atoms with Crippen molar-refractivity contribution in [2.45, 2.75) is 44.1 Å². The molecule has 2 fully saturated rings. The van der Waals surface area contributed by atoms with Crippen LogP contribution in [-0.4, -0.2) is 41.3 Å². The molecule has 2 amide bonds. The number of para-hydroxylation sites is 1. The van der Waals surface area contributed by atoms with Crippen molar-refractivity contribution < 1.29 is 14.1 Å². The van der Waals surface area contributed by atoms with Crippen molar-refractivity contribution in [1.82, 2.24) is 15.0 Å². The van der Waals surface area contributed by atoms with E-state index in [0.717, 1.165) is 41.2 Å². The fraction of sp³-hybridized carbons (Fsp3) is 0.550. The average molecular weight is 449 g/mol. The van der Waals surface area contributed by atoms with E-state index >= 15 is 0 Å². The Morgan fingerprint density at radius 1 is 1.36 bits per heavy atom. The number of likely N-dealkylation sites (tertiary alicyclic amines) is 1. The summed E-state index contributed by atoms with van der Waals surface area (Å²) in [5.41, 5.74) is 0.672. The third kappa shape index (κ3) is 4.22. The highest BCUT2D eigenvalue weighted by atomic mass is 79.9. The Hall–Kier alpha value is -1.93. The number of carbonyl (C=O) groups is 1. The van der Waals surface area contributed by atoms with Crippen LogP contribution in [0.2, 0.25) is 0 Å². The number of hydrogen-bond donors (Lipinski definition) is 1. The number of rotatable bonds is 6. The van der Waals surface area contributed by atoms with Gasteiger partial charge in [0.15, 0.2) is 5.82 Å². The molecule has 28 heavy (non-hydrogen) atoms. The van der Waals surface area contributed by atoms with Crippen LogP contribution in [0.4, 0.5) is 10.5 Å². The first kappa shape index (κ1) is 19.4. The summed E-state index contributed by atoms with van der Waals surface area (Å²) in [6.07, 6.45) is 5.31. The molecule has 1 aromatic carbocycles. The van der Waals surface area contributed by atoms with Crippen LogP contribution in [0.3, 0.4) is 0 Å².